The molecule has 2 aromatic carbocycles. The van der Waals surface area contributed by atoms with E-state index in [1.807, 2.05) is 30.3 Å². The van der Waals surface area contributed by atoms with Crippen molar-refractivity contribution in [2.45, 2.75) is 17.2 Å². The van der Waals surface area contributed by atoms with Crippen molar-refractivity contribution >= 4 is 27.1 Å². The molecule has 4 aromatic rings. The fraction of sp³-hybridized carbons (Fsp3) is 0.154. The molecule has 0 atom stereocenters. The summed E-state index contributed by atoms with van der Waals surface area (Å²) < 4.78 is 58.5. The van der Waals surface area contributed by atoms with Gasteiger partial charge >= 0.3 is 0 Å². The molecule has 1 amide bonds. The van der Waals surface area contributed by atoms with E-state index in [2.05, 4.69) is 4.98 Å². The highest BCUT2D eigenvalue weighted by Gasteiger charge is 2.25. The highest BCUT2D eigenvalue weighted by atomic mass is 32.2. The van der Waals surface area contributed by atoms with Crippen LogP contribution in [0.3, 0.4) is 0 Å². The molecule has 0 saturated heterocycles. The lowest BCUT2D eigenvalue weighted by Crippen LogP contribution is -2.17. The van der Waals surface area contributed by atoms with Crippen molar-refractivity contribution in [3.63, 3.8) is 0 Å². The van der Waals surface area contributed by atoms with Crippen LogP contribution in [0.5, 0.6) is 5.88 Å². The lowest BCUT2D eigenvalue weighted by Gasteiger charge is -2.11. The zero-order valence-electron chi connectivity index (χ0n) is 19.3. The minimum Gasteiger partial charge on any atom is -0.481 e. The summed E-state index contributed by atoms with van der Waals surface area (Å²) in [5.74, 6) is -2.46. The Kier molecular flexibility index (Phi) is 6.09. The number of carbonyl (C=O) groups is 1. The first-order valence-corrected chi connectivity index (χ1v) is 13.3. The van der Waals surface area contributed by atoms with Crippen molar-refractivity contribution < 1.29 is 26.7 Å². The van der Waals surface area contributed by atoms with Gasteiger partial charge in [0.25, 0.3) is 5.91 Å². The van der Waals surface area contributed by atoms with Crippen LogP contribution < -0.4 is 4.74 Å². The van der Waals surface area contributed by atoms with Gasteiger partial charge in [-0.25, -0.2) is 22.2 Å². The third kappa shape index (κ3) is 4.38. The van der Waals surface area contributed by atoms with Crippen molar-refractivity contribution in [3.05, 3.63) is 89.1 Å². The number of amides is 1. The van der Waals surface area contributed by atoms with Gasteiger partial charge in [0.1, 0.15) is 16.5 Å². The molecule has 0 spiro atoms. The summed E-state index contributed by atoms with van der Waals surface area (Å²) in [6.45, 7) is 0.565. The monoisotopic (exact) mass is 526 g/mol. The molecule has 36 heavy (non-hydrogen) atoms. The van der Waals surface area contributed by atoms with E-state index in [1.165, 1.54) is 18.4 Å². The van der Waals surface area contributed by atoms with Crippen LogP contribution in [-0.2, 0) is 22.1 Å². The lowest BCUT2D eigenvalue weighted by atomic mass is 10.1. The molecular weight excluding hydrogens is 506 g/mol. The zero-order chi connectivity index (χ0) is 25.6. The first-order valence-electron chi connectivity index (χ1n) is 10.9. The number of halogens is 2. The van der Waals surface area contributed by atoms with Crippen LogP contribution in [0.25, 0.3) is 20.9 Å². The summed E-state index contributed by atoms with van der Waals surface area (Å²) in [4.78, 5) is 19.3. The summed E-state index contributed by atoms with van der Waals surface area (Å²) in [6.07, 6.45) is 1.58. The number of sulfone groups is 1. The smallest absolute Gasteiger partial charge is 0.254 e. The number of thiophene rings is 1. The topological polar surface area (TPSA) is 76.6 Å². The minimum atomic E-state index is -4.13. The van der Waals surface area contributed by atoms with Gasteiger partial charge in [0.2, 0.25) is 5.88 Å². The van der Waals surface area contributed by atoms with E-state index in [1.54, 1.807) is 24.2 Å². The van der Waals surface area contributed by atoms with Crippen LogP contribution in [0.15, 0.2) is 65.7 Å². The van der Waals surface area contributed by atoms with E-state index in [0.29, 0.717) is 23.7 Å². The number of ether oxygens (including phenoxy) is 1. The van der Waals surface area contributed by atoms with Gasteiger partial charge in [-0.15, -0.1) is 11.3 Å². The van der Waals surface area contributed by atoms with Gasteiger partial charge in [0.15, 0.2) is 9.84 Å². The number of hydrogen-bond donors (Lipinski definition) is 0. The number of methoxy groups -OCH3 is 1. The maximum absolute atomic E-state index is 14.2. The fourth-order valence-corrected chi connectivity index (χ4v) is 6.58. The number of rotatable bonds is 6. The van der Waals surface area contributed by atoms with Gasteiger partial charge < -0.3 is 9.64 Å². The molecule has 10 heteroatoms. The molecule has 3 heterocycles. The van der Waals surface area contributed by atoms with E-state index in [9.17, 15) is 22.0 Å². The third-order valence-electron chi connectivity index (χ3n) is 5.96. The Morgan fingerprint density at radius 1 is 1.03 bits per heavy atom. The van der Waals surface area contributed by atoms with Crippen LogP contribution in [0.1, 0.15) is 21.5 Å². The Hall–Kier alpha value is -3.63. The van der Waals surface area contributed by atoms with Crippen LogP contribution in [0.2, 0.25) is 0 Å². The maximum atomic E-state index is 14.2. The molecule has 0 radical (unpaired) electrons. The summed E-state index contributed by atoms with van der Waals surface area (Å²) in [6, 6.07) is 13.6. The van der Waals surface area contributed by atoms with Gasteiger partial charge in [-0.2, -0.15) is 0 Å². The Morgan fingerprint density at radius 3 is 2.50 bits per heavy atom. The predicted octanol–water partition coefficient (Wildman–Crippen LogP) is 5.32. The van der Waals surface area contributed by atoms with Crippen molar-refractivity contribution in [2.24, 2.45) is 0 Å². The Bertz CT molecular complexity index is 1620. The van der Waals surface area contributed by atoms with Gasteiger partial charge in [0, 0.05) is 52.3 Å². The number of pyridine rings is 1. The van der Waals surface area contributed by atoms with Crippen molar-refractivity contribution in [3.8, 4) is 26.8 Å². The number of benzene rings is 2. The van der Waals surface area contributed by atoms with Crippen LogP contribution >= 0.6 is 11.3 Å². The van der Waals surface area contributed by atoms with Gasteiger partial charge in [-0.05, 0) is 53.6 Å². The third-order valence-corrected chi connectivity index (χ3v) is 8.83. The number of fused-ring (bicyclic) bond motifs is 1. The molecule has 0 bridgehead atoms. The summed E-state index contributed by atoms with van der Waals surface area (Å²) in [5.41, 5.74) is 3.59. The number of carbonyl (C=O) groups excluding carboxylic acids is 1. The molecular formula is C26H20F2N2O4S2. The van der Waals surface area contributed by atoms with Crippen LogP contribution in [0, 0.1) is 11.6 Å². The molecule has 1 aliphatic rings. The van der Waals surface area contributed by atoms with E-state index < -0.39 is 32.1 Å². The molecule has 2 aromatic heterocycles. The zero-order valence-corrected chi connectivity index (χ0v) is 20.9. The van der Waals surface area contributed by atoms with E-state index >= 15 is 0 Å². The molecule has 0 aliphatic carbocycles. The van der Waals surface area contributed by atoms with Crippen molar-refractivity contribution in [1.82, 2.24) is 9.88 Å². The van der Waals surface area contributed by atoms with Gasteiger partial charge in [-0.1, -0.05) is 6.07 Å². The SMILES string of the molecule is COc1ncc(-c2ccc(-c3ccc4c(c3)CN(C)C4=O)s2)cc1CS(=O)(=O)c1ccc(F)cc1F. The fourth-order valence-electron chi connectivity index (χ4n) is 4.20. The normalized spacial score (nSPS) is 13.2. The number of nitrogens with zero attached hydrogens (tertiary/aromatic N) is 2. The molecule has 1 aliphatic heterocycles. The van der Waals surface area contributed by atoms with E-state index in [0.717, 1.165) is 33.0 Å². The second kappa shape index (κ2) is 9.11. The molecule has 0 fully saturated rings. The second-order valence-corrected chi connectivity index (χ2v) is 11.5. The highest BCUT2D eigenvalue weighted by Crippen LogP contribution is 2.37. The number of hydrogen-bond acceptors (Lipinski definition) is 6. The molecule has 0 saturated carbocycles. The molecule has 0 N–H and O–H groups in total. The lowest BCUT2D eigenvalue weighted by molar-refractivity contribution is 0.0816. The average Bonchev–Trinajstić information content (AvgIpc) is 3.43. The predicted molar refractivity (Wildman–Crippen MR) is 133 cm³/mol. The van der Waals surface area contributed by atoms with Crippen molar-refractivity contribution in [2.75, 3.05) is 14.2 Å². The standard InChI is InChI=1S/C26H20F2N2O4S2/c1-30-13-17-9-15(3-5-20(17)26(30)31)22-6-7-23(35-22)16-10-18(25(34-2)29-12-16)14-36(32,33)24-8-4-19(27)11-21(24)28/h3-12H,13-14H2,1-2H3. The molecule has 6 nitrogen and oxygen atoms in total. The molecule has 184 valence electrons. The summed E-state index contributed by atoms with van der Waals surface area (Å²) in [5, 5.41) is 0. The van der Waals surface area contributed by atoms with Crippen LogP contribution in [0.4, 0.5) is 8.78 Å². The van der Waals surface area contributed by atoms with E-state index in [4.69, 9.17) is 4.74 Å². The highest BCUT2D eigenvalue weighted by molar-refractivity contribution is 7.90. The molecule has 5 rings (SSSR count). The minimum absolute atomic E-state index is 0.00993. The van der Waals surface area contributed by atoms with Gasteiger partial charge in [-0.3, -0.25) is 4.79 Å². The van der Waals surface area contributed by atoms with Gasteiger partial charge in [0.05, 0.1) is 12.9 Å². The molecule has 0 unspecified atom stereocenters. The first kappa shape index (κ1) is 24.1. The Balaban J connectivity index is 1.46. The first-order chi connectivity index (χ1) is 17.2. The maximum Gasteiger partial charge on any atom is 0.254 e. The average molecular weight is 527 g/mol. The van der Waals surface area contributed by atoms with Crippen molar-refractivity contribution in [1.29, 1.82) is 0 Å². The van der Waals surface area contributed by atoms with E-state index in [-0.39, 0.29) is 17.4 Å². The Labute approximate surface area is 210 Å². The Morgan fingerprint density at radius 2 is 1.78 bits per heavy atom. The summed E-state index contributed by atoms with van der Waals surface area (Å²) >= 11 is 1.50. The largest absolute Gasteiger partial charge is 0.481 e. The quantitative estimate of drug-likeness (QED) is 0.318. The summed E-state index contributed by atoms with van der Waals surface area (Å²) in [7, 11) is -0.996. The number of aromatic nitrogens is 1. The second-order valence-electron chi connectivity index (χ2n) is 8.42. The van der Waals surface area contributed by atoms with Crippen LogP contribution in [-0.4, -0.2) is 38.4 Å².